The average molecular weight is 343 g/mol. The van der Waals surface area contributed by atoms with Gasteiger partial charge in [0, 0.05) is 25.4 Å². The number of hydrogen-bond donors (Lipinski definition) is 1. The Balaban J connectivity index is 2.42. The molecule has 0 bridgehead atoms. The molecule has 1 N–H and O–H groups in total. The molecule has 1 atom stereocenters. The van der Waals surface area contributed by atoms with E-state index in [-0.39, 0.29) is 0 Å². The van der Waals surface area contributed by atoms with Crippen molar-refractivity contribution >= 4 is 15.9 Å². The lowest BCUT2D eigenvalue weighted by Gasteiger charge is -2.15. The van der Waals surface area contributed by atoms with Gasteiger partial charge in [0.2, 0.25) is 0 Å². The molecule has 0 aliphatic carbocycles. The minimum Gasteiger partial charge on any atom is -0.383 e. The molecule has 6 nitrogen and oxygen atoms in total. The van der Waals surface area contributed by atoms with E-state index in [2.05, 4.69) is 26.1 Å². The van der Waals surface area contributed by atoms with Crippen molar-refractivity contribution in [3.8, 4) is 0 Å². The zero-order valence-corrected chi connectivity index (χ0v) is 13.7. The Bertz CT molecular complexity index is 606. The summed E-state index contributed by atoms with van der Waals surface area (Å²) in [6.45, 7) is 4.98. The Morgan fingerprint density at radius 3 is 2.70 bits per heavy atom. The van der Waals surface area contributed by atoms with Crippen LogP contribution in [0.15, 0.2) is 10.7 Å². The minimum absolute atomic E-state index is 0.541. The summed E-state index contributed by atoms with van der Waals surface area (Å²) in [6, 6.07) is 0. The molecule has 1 unspecified atom stereocenters. The normalized spacial score (nSPS) is 12.9. The molecule has 0 radical (unpaired) electrons. The van der Waals surface area contributed by atoms with Crippen molar-refractivity contribution in [3.05, 3.63) is 33.3 Å². The van der Waals surface area contributed by atoms with Gasteiger partial charge in [-0.3, -0.25) is 9.36 Å². The summed E-state index contributed by atoms with van der Waals surface area (Å²) >= 11 is 3.45. The first-order chi connectivity index (χ1) is 9.47. The summed E-state index contributed by atoms with van der Waals surface area (Å²) in [5.74, 6) is 0. The fourth-order valence-corrected chi connectivity index (χ4v) is 2.84. The maximum absolute atomic E-state index is 10.7. The Kier molecular flexibility index (Phi) is 4.62. The Morgan fingerprint density at radius 1 is 1.45 bits per heavy atom. The zero-order chi connectivity index (χ0) is 14.9. The van der Waals surface area contributed by atoms with Crippen LogP contribution in [0.25, 0.3) is 0 Å². The monoisotopic (exact) mass is 342 g/mol. The lowest BCUT2D eigenvalue weighted by Crippen LogP contribution is -2.14. The predicted molar refractivity (Wildman–Crippen MR) is 78.5 cm³/mol. The second-order valence-electron chi connectivity index (χ2n) is 4.70. The molecule has 20 heavy (non-hydrogen) atoms. The molecule has 2 aromatic rings. The van der Waals surface area contributed by atoms with Crippen LogP contribution in [-0.2, 0) is 18.3 Å². The Labute approximate surface area is 126 Å². The molecule has 0 aromatic carbocycles. The average Bonchev–Trinajstić information content (AvgIpc) is 2.88. The minimum atomic E-state index is -0.766. The van der Waals surface area contributed by atoms with Gasteiger partial charge in [0.15, 0.2) is 0 Å². The van der Waals surface area contributed by atoms with Gasteiger partial charge in [0.25, 0.3) is 0 Å². The molecule has 7 heteroatoms. The van der Waals surface area contributed by atoms with E-state index in [4.69, 9.17) is 4.74 Å². The van der Waals surface area contributed by atoms with Gasteiger partial charge in [-0.05, 0) is 29.8 Å². The van der Waals surface area contributed by atoms with Crippen molar-refractivity contribution in [2.45, 2.75) is 26.5 Å². The van der Waals surface area contributed by atoms with E-state index < -0.39 is 6.10 Å². The summed E-state index contributed by atoms with van der Waals surface area (Å²) in [4.78, 5) is 0. The van der Waals surface area contributed by atoms with Crippen LogP contribution in [-0.4, -0.2) is 38.4 Å². The molecule has 0 fully saturated rings. The van der Waals surface area contributed by atoms with Gasteiger partial charge in [-0.25, -0.2) is 0 Å². The SMILES string of the molecule is COCCn1ncc(Br)c1C(O)c1c(C)nn(C)c1C. The molecule has 0 saturated carbocycles. The van der Waals surface area contributed by atoms with Crippen LogP contribution in [0.1, 0.15) is 28.7 Å². The molecule has 110 valence electrons. The van der Waals surface area contributed by atoms with Crippen molar-refractivity contribution in [1.82, 2.24) is 19.6 Å². The summed E-state index contributed by atoms with van der Waals surface area (Å²) in [5, 5.41) is 19.4. The highest BCUT2D eigenvalue weighted by atomic mass is 79.9. The molecule has 2 rings (SSSR count). The predicted octanol–water partition coefficient (Wildman–Crippen LogP) is 1.72. The van der Waals surface area contributed by atoms with Crippen molar-refractivity contribution in [1.29, 1.82) is 0 Å². The third-order valence-corrected chi connectivity index (χ3v) is 4.05. The molecule has 2 heterocycles. The molecule has 0 aliphatic heterocycles. The number of aromatic nitrogens is 4. The number of halogens is 1. The number of methoxy groups -OCH3 is 1. The van der Waals surface area contributed by atoms with Crippen molar-refractivity contribution < 1.29 is 9.84 Å². The Hall–Kier alpha value is -1.18. The van der Waals surface area contributed by atoms with E-state index in [9.17, 15) is 5.11 Å². The van der Waals surface area contributed by atoms with E-state index >= 15 is 0 Å². The van der Waals surface area contributed by atoms with Crippen molar-refractivity contribution in [2.24, 2.45) is 7.05 Å². The third kappa shape index (κ3) is 2.65. The number of hydrogen-bond acceptors (Lipinski definition) is 4. The zero-order valence-electron chi connectivity index (χ0n) is 12.1. The highest BCUT2D eigenvalue weighted by Gasteiger charge is 2.25. The summed E-state index contributed by atoms with van der Waals surface area (Å²) in [6.07, 6.45) is 0.923. The second kappa shape index (κ2) is 6.07. The highest BCUT2D eigenvalue weighted by molar-refractivity contribution is 9.10. The standard InChI is InChI=1S/C13H19BrN4O2/c1-8-11(9(2)17(3)16-8)13(19)12-10(14)7-15-18(12)5-6-20-4/h7,13,19H,5-6H2,1-4H3. The number of nitrogens with zero attached hydrogens (tertiary/aromatic N) is 4. The molecule has 0 amide bonds. The number of ether oxygens (including phenoxy) is 1. The van der Waals surface area contributed by atoms with Gasteiger partial charge in [-0.2, -0.15) is 10.2 Å². The van der Waals surface area contributed by atoms with Gasteiger partial charge in [-0.15, -0.1) is 0 Å². The maximum atomic E-state index is 10.7. The van der Waals surface area contributed by atoms with E-state index in [0.29, 0.717) is 13.2 Å². The smallest absolute Gasteiger partial charge is 0.125 e. The van der Waals surface area contributed by atoms with Crippen molar-refractivity contribution in [2.75, 3.05) is 13.7 Å². The van der Waals surface area contributed by atoms with Gasteiger partial charge < -0.3 is 9.84 Å². The largest absolute Gasteiger partial charge is 0.383 e. The fraction of sp³-hybridized carbons (Fsp3) is 0.538. The topological polar surface area (TPSA) is 65.1 Å². The number of rotatable bonds is 5. The summed E-state index contributed by atoms with van der Waals surface area (Å²) in [5.41, 5.74) is 3.32. The van der Waals surface area contributed by atoms with Crippen LogP contribution >= 0.6 is 15.9 Å². The van der Waals surface area contributed by atoms with Gasteiger partial charge in [0.1, 0.15) is 6.10 Å². The molecule has 0 spiro atoms. The van der Waals surface area contributed by atoms with E-state index in [1.54, 1.807) is 22.7 Å². The first-order valence-electron chi connectivity index (χ1n) is 6.35. The molecular formula is C13H19BrN4O2. The van der Waals surface area contributed by atoms with Crippen LogP contribution < -0.4 is 0 Å². The van der Waals surface area contributed by atoms with E-state index in [1.807, 2.05) is 20.9 Å². The van der Waals surface area contributed by atoms with Crippen LogP contribution in [0.5, 0.6) is 0 Å². The van der Waals surface area contributed by atoms with Crippen LogP contribution in [0.3, 0.4) is 0 Å². The fourth-order valence-electron chi connectivity index (χ4n) is 2.32. The molecule has 2 aromatic heterocycles. The van der Waals surface area contributed by atoms with Crippen LogP contribution in [0.2, 0.25) is 0 Å². The summed E-state index contributed by atoms with van der Waals surface area (Å²) in [7, 11) is 3.51. The highest BCUT2D eigenvalue weighted by Crippen LogP contribution is 2.31. The lowest BCUT2D eigenvalue weighted by atomic mass is 10.0. The summed E-state index contributed by atoms with van der Waals surface area (Å²) < 4.78 is 9.38. The first kappa shape index (κ1) is 15.2. The Morgan fingerprint density at radius 2 is 2.15 bits per heavy atom. The number of aryl methyl sites for hydroxylation is 2. The first-order valence-corrected chi connectivity index (χ1v) is 7.15. The lowest BCUT2D eigenvalue weighted by molar-refractivity contribution is 0.170. The molecule has 0 aliphatic rings. The second-order valence-corrected chi connectivity index (χ2v) is 5.56. The molecule has 0 saturated heterocycles. The van der Waals surface area contributed by atoms with Crippen LogP contribution in [0.4, 0.5) is 0 Å². The van der Waals surface area contributed by atoms with Gasteiger partial charge in [0.05, 0.1) is 35.2 Å². The maximum Gasteiger partial charge on any atom is 0.125 e. The molecular weight excluding hydrogens is 324 g/mol. The van der Waals surface area contributed by atoms with E-state index in [0.717, 1.165) is 27.1 Å². The van der Waals surface area contributed by atoms with Gasteiger partial charge >= 0.3 is 0 Å². The van der Waals surface area contributed by atoms with E-state index in [1.165, 1.54) is 0 Å². The number of aliphatic hydroxyl groups is 1. The third-order valence-electron chi connectivity index (χ3n) is 3.44. The van der Waals surface area contributed by atoms with Crippen LogP contribution in [0, 0.1) is 13.8 Å². The quantitative estimate of drug-likeness (QED) is 0.898. The van der Waals surface area contributed by atoms with Crippen molar-refractivity contribution in [3.63, 3.8) is 0 Å². The number of aliphatic hydroxyl groups excluding tert-OH is 1. The van der Waals surface area contributed by atoms with Gasteiger partial charge in [-0.1, -0.05) is 0 Å².